The van der Waals surface area contributed by atoms with Gasteiger partial charge in [-0.25, -0.2) is 0 Å². The number of hydrogen-bond acceptors (Lipinski definition) is 4. The van der Waals surface area contributed by atoms with E-state index in [9.17, 15) is 9.59 Å². The largest absolute Gasteiger partial charge is 0.480 e. The second kappa shape index (κ2) is 6.44. The Morgan fingerprint density at radius 1 is 0.938 bits per heavy atom. The van der Waals surface area contributed by atoms with Gasteiger partial charge >= 0.3 is 11.9 Å². The molecule has 0 saturated heterocycles. The van der Waals surface area contributed by atoms with Crippen LogP contribution in [0.4, 0.5) is 0 Å². The third kappa shape index (κ3) is 6.36. The summed E-state index contributed by atoms with van der Waals surface area (Å²) in [6.07, 6.45) is 0.921. The number of carbonyl (C=O) groups is 2. The van der Waals surface area contributed by atoms with Crippen LogP contribution < -0.4 is 11.5 Å². The molecule has 96 valence electrons. The molecule has 0 aromatic carbocycles. The molecule has 6 N–H and O–H groups in total. The Hall–Kier alpha value is -1.14. The molecule has 0 unspecified atom stereocenters. The van der Waals surface area contributed by atoms with E-state index in [1.54, 1.807) is 13.8 Å². The third-order valence-corrected chi connectivity index (χ3v) is 2.45. The average molecular weight is 234 g/mol. The van der Waals surface area contributed by atoms with Crippen molar-refractivity contribution in [3.63, 3.8) is 0 Å². The molecule has 16 heavy (non-hydrogen) atoms. The quantitative estimate of drug-likeness (QED) is 0.557. The molecule has 6 nitrogen and oxygen atoms in total. The molecule has 0 radical (unpaired) electrons. The first-order valence-corrected chi connectivity index (χ1v) is 5.05. The molecule has 0 rings (SSSR count). The fourth-order valence-electron chi connectivity index (χ4n) is 0.302. The maximum absolute atomic E-state index is 10.1. The standard InChI is InChI=1S/2C5H11NO2/c2*1-3-5(2,6)4(7)8/h2*3,6H2,1-2H3,(H,7,8)/t2*5-/m11/s1. The fourth-order valence-corrected chi connectivity index (χ4v) is 0.302. The smallest absolute Gasteiger partial charge is 0.323 e. The summed E-state index contributed by atoms with van der Waals surface area (Å²) in [5.41, 5.74) is 8.44. The molecule has 0 bridgehead atoms. The van der Waals surface area contributed by atoms with Crippen LogP contribution in [-0.4, -0.2) is 33.2 Å². The summed E-state index contributed by atoms with van der Waals surface area (Å²) in [5.74, 6) is -1.89. The van der Waals surface area contributed by atoms with E-state index in [1.165, 1.54) is 13.8 Å². The molecule has 0 amide bonds. The number of nitrogens with two attached hydrogens (primary N) is 2. The third-order valence-electron chi connectivity index (χ3n) is 2.45. The van der Waals surface area contributed by atoms with Crippen LogP contribution in [-0.2, 0) is 9.59 Å². The summed E-state index contributed by atoms with van der Waals surface area (Å²) < 4.78 is 0. The summed E-state index contributed by atoms with van der Waals surface area (Å²) >= 11 is 0. The monoisotopic (exact) mass is 234 g/mol. The molecule has 0 spiro atoms. The van der Waals surface area contributed by atoms with Crippen LogP contribution in [0.3, 0.4) is 0 Å². The minimum Gasteiger partial charge on any atom is -0.480 e. The summed E-state index contributed by atoms with van der Waals surface area (Å²) in [6.45, 7) is 6.48. The minimum absolute atomic E-state index is 0.461. The summed E-state index contributed by atoms with van der Waals surface area (Å²) in [4.78, 5) is 20.3. The Labute approximate surface area is 95.6 Å². The van der Waals surface area contributed by atoms with Crippen LogP contribution in [0.5, 0.6) is 0 Å². The summed E-state index contributed by atoms with van der Waals surface area (Å²) in [7, 11) is 0. The number of carboxylic acid groups (broad SMARTS) is 2. The van der Waals surface area contributed by atoms with Crippen molar-refractivity contribution in [3.8, 4) is 0 Å². The lowest BCUT2D eigenvalue weighted by molar-refractivity contribution is -0.143. The van der Waals surface area contributed by atoms with Gasteiger partial charge in [-0.15, -0.1) is 0 Å². The SMILES string of the molecule is CC[C@@](C)(N)C(=O)O.CC[C@@](C)(N)C(=O)O. The van der Waals surface area contributed by atoms with Crippen LogP contribution in [0.15, 0.2) is 0 Å². The topological polar surface area (TPSA) is 127 Å². The second-order valence-corrected chi connectivity index (χ2v) is 4.15. The van der Waals surface area contributed by atoms with Gasteiger partial charge in [0.15, 0.2) is 0 Å². The molecular formula is C10H22N2O4. The van der Waals surface area contributed by atoms with Crippen LogP contribution >= 0.6 is 0 Å². The van der Waals surface area contributed by atoms with Crippen LogP contribution in [0.2, 0.25) is 0 Å². The fraction of sp³-hybridized carbons (Fsp3) is 0.800. The van der Waals surface area contributed by atoms with Crippen molar-refractivity contribution in [1.82, 2.24) is 0 Å². The molecule has 0 aromatic rings. The van der Waals surface area contributed by atoms with E-state index in [-0.39, 0.29) is 0 Å². The van der Waals surface area contributed by atoms with Crippen molar-refractivity contribution in [1.29, 1.82) is 0 Å². The molecule has 6 heteroatoms. The second-order valence-electron chi connectivity index (χ2n) is 4.15. The lowest BCUT2D eigenvalue weighted by Crippen LogP contribution is -2.43. The number of rotatable bonds is 4. The first kappa shape index (κ1) is 17.3. The van der Waals surface area contributed by atoms with E-state index in [4.69, 9.17) is 21.7 Å². The first-order chi connectivity index (χ1) is 7.01. The zero-order chi connectivity index (χ0) is 13.6. The van der Waals surface area contributed by atoms with Gasteiger partial charge in [0.05, 0.1) is 0 Å². The van der Waals surface area contributed by atoms with E-state index in [0.717, 1.165) is 0 Å². The molecule has 0 heterocycles. The molecule has 0 fully saturated rings. The van der Waals surface area contributed by atoms with Crippen molar-refractivity contribution in [2.45, 2.75) is 51.6 Å². The Kier molecular flexibility index (Phi) is 6.95. The van der Waals surface area contributed by atoms with Crippen LogP contribution in [0.25, 0.3) is 0 Å². The van der Waals surface area contributed by atoms with Gasteiger partial charge in [-0.2, -0.15) is 0 Å². The Bertz CT molecular complexity index is 223. The zero-order valence-electron chi connectivity index (χ0n) is 10.3. The van der Waals surface area contributed by atoms with Crippen molar-refractivity contribution in [2.24, 2.45) is 11.5 Å². The van der Waals surface area contributed by atoms with E-state index < -0.39 is 23.0 Å². The van der Waals surface area contributed by atoms with E-state index >= 15 is 0 Å². The van der Waals surface area contributed by atoms with Gasteiger partial charge < -0.3 is 21.7 Å². The van der Waals surface area contributed by atoms with Gasteiger partial charge in [0.2, 0.25) is 0 Å². The zero-order valence-corrected chi connectivity index (χ0v) is 10.3. The van der Waals surface area contributed by atoms with Gasteiger partial charge in [-0.3, -0.25) is 9.59 Å². The van der Waals surface area contributed by atoms with Crippen LogP contribution in [0, 0.1) is 0 Å². The Morgan fingerprint density at radius 3 is 1.12 bits per heavy atom. The lowest BCUT2D eigenvalue weighted by atomic mass is 10.0. The highest BCUT2D eigenvalue weighted by atomic mass is 16.4. The summed E-state index contributed by atoms with van der Waals surface area (Å²) in [6, 6.07) is 0. The maximum atomic E-state index is 10.1. The highest BCUT2D eigenvalue weighted by Crippen LogP contribution is 2.03. The highest BCUT2D eigenvalue weighted by Gasteiger charge is 2.24. The first-order valence-electron chi connectivity index (χ1n) is 5.05. The van der Waals surface area contributed by atoms with Gasteiger partial charge in [-0.05, 0) is 26.7 Å². The van der Waals surface area contributed by atoms with Crippen molar-refractivity contribution in [3.05, 3.63) is 0 Å². The number of aliphatic carboxylic acids is 2. The van der Waals surface area contributed by atoms with Gasteiger partial charge in [-0.1, -0.05) is 13.8 Å². The molecule has 0 aromatic heterocycles. The van der Waals surface area contributed by atoms with Gasteiger partial charge in [0.1, 0.15) is 11.1 Å². The molecule has 0 aliphatic rings. The van der Waals surface area contributed by atoms with E-state index in [0.29, 0.717) is 12.8 Å². The Balaban J connectivity index is 0. The van der Waals surface area contributed by atoms with E-state index in [1.807, 2.05) is 0 Å². The summed E-state index contributed by atoms with van der Waals surface area (Å²) in [5, 5.41) is 16.6. The molecule has 0 saturated carbocycles. The number of carboxylic acids is 2. The van der Waals surface area contributed by atoms with Crippen molar-refractivity contribution in [2.75, 3.05) is 0 Å². The predicted molar refractivity (Wildman–Crippen MR) is 61.0 cm³/mol. The van der Waals surface area contributed by atoms with Crippen molar-refractivity contribution >= 4 is 11.9 Å². The minimum atomic E-state index is -1.04. The lowest BCUT2D eigenvalue weighted by Gasteiger charge is -2.14. The Morgan fingerprint density at radius 2 is 1.12 bits per heavy atom. The maximum Gasteiger partial charge on any atom is 0.323 e. The van der Waals surface area contributed by atoms with Crippen molar-refractivity contribution < 1.29 is 19.8 Å². The normalized spacial score (nSPS) is 17.4. The number of hydrogen-bond donors (Lipinski definition) is 4. The average Bonchev–Trinajstić information content (AvgIpc) is 2.18. The molecule has 2 atom stereocenters. The highest BCUT2D eigenvalue weighted by molar-refractivity contribution is 5.78. The predicted octanol–water partition coefficient (Wildman–Crippen LogP) is 0.397. The van der Waals surface area contributed by atoms with Gasteiger partial charge in [0.25, 0.3) is 0 Å². The molecule has 0 aliphatic heterocycles. The molecular weight excluding hydrogens is 212 g/mol. The van der Waals surface area contributed by atoms with E-state index in [2.05, 4.69) is 0 Å². The van der Waals surface area contributed by atoms with Crippen LogP contribution in [0.1, 0.15) is 40.5 Å². The molecule has 0 aliphatic carbocycles. The van der Waals surface area contributed by atoms with Gasteiger partial charge in [0, 0.05) is 0 Å².